The summed E-state index contributed by atoms with van der Waals surface area (Å²) in [6.45, 7) is 0. The van der Waals surface area contributed by atoms with Crippen molar-refractivity contribution in [1.82, 2.24) is 24.5 Å². The molecule has 0 bridgehead atoms. The van der Waals surface area contributed by atoms with Gasteiger partial charge in [-0.2, -0.15) is 0 Å². The van der Waals surface area contributed by atoms with Crippen molar-refractivity contribution in [3.05, 3.63) is 152 Å². The number of para-hydroxylation sites is 2. The molecule has 202 valence electrons. The number of benzene rings is 5. The summed E-state index contributed by atoms with van der Waals surface area (Å²) in [6, 6.07) is 48.1. The third-order valence-electron chi connectivity index (χ3n) is 7.82. The molecule has 5 nitrogen and oxygen atoms in total. The van der Waals surface area contributed by atoms with Gasteiger partial charge in [-0.1, -0.05) is 103 Å². The van der Waals surface area contributed by atoms with Crippen LogP contribution in [0.5, 0.6) is 0 Å². The molecule has 0 amide bonds. The van der Waals surface area contributed by atoms with Crippen LogP contribution in [0.3, 0.4) is 0 Å². The summed E-state index contributed by atoms with van der Waals surface area (Å²) in [7, 11) is 0. The second kappa shape index (κ2) is 10.5. The molecular weight excluding hydrogens is 526 g/mol. The Morgan fingerprint density at radius 3 is 1.74 bits per heavy atom. The topological polar surface area (TPSA) is 56.5 Å². The Balaban J connectivity index is 1.28. The second-order valence-electron chi connectivity index (χ2n) is 10.4. The van der Waals surface area contributed by atoms with Crippen molar-refractivity contribution in [2.24, 2.45) is 0 Å². The van der Waals surface area contributed by atoms with Crippen molar-refractivity contribution < 1.29 is 0 Å². The van der Waals surface area contributed by atoms with Crippen molar-refractivity contribution in [1.29, 1.82) is 0 Å². The molecule has 0 unspecified atom stereocenters. The van der Waals surface area contributed by atoms with Crippen LogP contribution < -0.4 is 0 Å². The van der Waals surface area contributed by atoms with E-state index in [0.717, 1.165) is 45.0 Å². The summed E-state index contributed by atoms with van der Waals surface area (Å²) in [5.74, 6) is 0.678. The highest BCUT2D eigenvalue weighted by atomic mass is 15.0. The standard InChI is InChI=1S/C38H25N5/c1-2-10-27(11-3-1)38-41-34(24-35(42-38)30-13-5-4-12-29(30)33-22-23-39-25-40-33)26-18-20-28(21-19-26)43-36-16-8-6-14-31(36)32-15-7-9-17-37(32)43/h1-25H. The molecule has 8 aromatic rings. The molecule has 3 heterocycles. The van der Waals surface area contributed by atoms with Gasteiger partial charge in [0.15, 0.2) is 5.82 Å². The van der Waals surface area contributed by atoms with E-state index in [1.807, 2.05) is 48.5 Å². The van der Waals surface area contributed by atoms with E-state index in [2.05, 4.69) is 106 Å². The lowest BCUT2D eigenvalue weighted by Gasteiger charge is -2.13. The van der Waals surface area contributed by atoms with Gasteiger partial charge in [-0.25, -0.2) is 19.9 Å². The lowest BCUT2D eigenvalue weighted by Crippen LogP contribution is -1.98. The van der Waals surface area contributed by atoms with Crippen molar-refractivity contribution in [2.45, 2.75) is 0 Å². The van der Waals surface area contributed by atoms with Gasteiger partial charge in [0, 0.05) is 44.9 Å². The van der Waals surface area contributed by atoms with Crippen molar-refractivity contribution in [3.63, 3.8) is 0 Å². The Kier molecular flexibility index (Phi) is 6.05. The van der Waals surface area contributed by atoms with Crippen LogP contribution in [-0.4, -0.2) is 24.5 Å². The maximum Gasteiger partial charge on any atom is 0.160 e. The van der Waals surface area contributed by atoms with Crippen LogP contribution in [0.1, 0.15) is 0 Å². The molecule has 0 atom stereocenters. The van der Waals surface area contributed by atoms with Crippen LogP contribution in [0.4, 0.5) is 0 Å². The Bertz CT molecular complexity index is 2170. The maximum absolute atomic E-state index is 5.05. The van der Waals surface area contributed by atoms with E-state index in [9.17, 15) is 0 Å². The quantitative estimate of drug-likeness (QED) is 0.214. The molecule has 0 N–H and O–H groups in total. The highest BCUT2D eigenvalue weighted by Gasteiger charge is 2.16. The first kappa shape index (κ1) is 24.8. The van der Waals surface area contributed by atoms with Crippen LogP contribution in [0.2, 0.25) is 0 Å². The zero-order valence-corrected chi connectivity index (χ0v) is 23.2. The zero-order valence-electron chi connectivity index (χ0n) is 23.2. The van der Waals surface area contributed by atoms with Crippen LogP contribution >= 0.6 is 0 Å². The average molecular weight is 552 g/mol. The zero-order chi connectivity index (χ0) is 28.6. The van der Waals surface area contributed by atoms with E-state index in [4.69, 9.17) is 9.97 Å². The van der Waals surface area contributed by atoms with Crippen molar-refractivity contribution in [3.8, 4) is 50.8 Å². The molecule has 0 saturated carbocycles. The molecule has 0 aliphatic rings. The summed E-state index contributed by atoms with van der Waals surface area (Å²) in [6.07, 6.45) is 3.34. The molecule has 5 heteroatoms. The van der Waals surface area contributed by atoms with Crippen molar-refractivity contribution >= 4 is 21.8 Å². The number of rotatable bonds is 5. The van der Waals surface area contributed by atoms with Gasteiger partial charge in [0.25, 0.3) is 0 Å². The smallest absolute Gasteiger partial charge is 0.160 e. The van der Waals surface area contributed by atoms with Gasteiger partial charge >= 0.3 is 0 Å². The predicted octanol–water partition coefficient (Wildman–Crippen LogP) is 9.03. The van der Waals surface area contributed by atoms with Crippen LogP contribution in [-0.2, 0) is 0 Å². The fourth-order valence-corrected chi connectivity index (χ4v) is 5.81. The molecular formula is C38H25N5. The summed E-state index contributed by atoms with van der Waals surface area (Å²) in [5, 5.41) is 2.50. The highest BCUT2D eigenvalue weighted by Crippen LogP contribution is 2.35. The summed E-state index contributed by atoms with van der Waals surface area (Å²) < 4.78 is 2.33. The van der Waals surface area contributed by atoms with Gasteiger partial charge in [0.05, 0.1) is 28.1 Å². The molecule has 0 aliphatic carbocycles. The van der Waals surface area contributed by atoms with Gasteiger partial charge < -0.3 is 4.57 Å². The molecule has 8 rings (SSSR count). The maximum atomic E-state index is 5.05. The van der Waals surface area contributed by atoms with E-state index in [-0.39, 0.29) is 0 Å². The van der Waals surface area contributed by atoms with Crippen LogP contribution in [0, 0.1) is 0 Å². The summed E-state index contributed by atoms with van der Waals surface area (Å²) >= 11 is 0. The van der Waals surface area contributed by atoms with Gasteiger partial charge in [-0.3, -0.25) is 0 Å². The minimum Gasteiger partial charge on any atom is -0.309 e. The van der Waals surface area contributed by atoms with E-state index in [1.54, 1.807) is 12.5 Å². The number of nitrogens with zero attached hydrogens (tertiary/aromatic N) is 5. The molecule has 0 fully saturated rings. The second-order valence-corrected chi connectivity index (χ2v) is 10.4. The van der Waals surface area contributed by atoms with Crippen molar-refractivity contribution in [2.75, 3.05) is 0 Å². The fraction of sp³-hybridized carbons (Fsp3) is 0. The highest BCUT2D eigenvalue weighted by molar-refractivity contribution is 6.09. The van der Waals surface area contributed by atoms with E-state index in [0.29, 0.717) is 5.82 Å². The third-order valence-corrected chi connectivity index (χ3v) is 7.82. The van der Waals surface area contributed by atoms with E-state index >= 15 is 0 Å². The van der Waals surface area contributed by atoms with E-state index < -0.39 is 0 Å². The van der Waals surface area contributed by atoms with Crippen LogP contribution in [0.15, 0.2) is 152 Å². The largest absolute Gasteiger partial charge is 0.309 e. The third kappa shape index (κ3) is 4.44. The monoisotopic (exact) mass is 551 g/mol. The first-order valence-corrected chi connectivity index (χ1v) is 14.2. The fourth-order valence-electron chi connectivity index (χ4n) is 5.81. The first-order valence-electron chi connectivity index (χ1n) is 14.2. The molecule has 0 saturated heterocycles. The lowest BCUT2D eigenvalue weighted by atomic mass is 9.99. The normalized spacial score (nSPS) is 11.3. The number of hydrogen-bond acceptors (Lipinski definition) is 4. The minimum absolute atomic E-state index is 0.678. The summed E-state index contributed by atoms with van der Waals surface area (Å²) in [4.78, 5) is 18.7. The predicted molar refractivity (Wildman–Crippen MR) is 174 cm³/mol. The molecule has 43 heavy (non-hydrogen) atoms. The molecule has 5 aromatic carbocycles. The molecule has 3 aromatic heterocycles. The first-order chi connectivity index (χ1) is 21.3. The number of aromatic nitrogens is 5. The number of fused-ring (bicyclic) bond motifs is 3. The SMILES string of the molecule is c1ccc(-c2nc(-c3ccc(-n4c5ccccc5c5ccccc54)cc3)cc(-c3ccccc3-c3ccncn3)n2)cc1. The molecule has 0 aliphatic heterocycles. The number of hydrogen-bond donors (Lipinski definition) is 0. The van der Waals surface area contributed by atoms with Gasteiger partial charge in [0.1, 0.15) is 6.33 Å². The summed E-state index contributed by atoms with van der Waals surface area (Å²) in [5.41, 5.74) is 9.99. The Hall–Kier alpha value is -5.94. The van der Waals surface area contributed by atoms with Gasteiger partial charge in [-0.05, 0) is 36.4 Å². The van der Waals surface area contributed by atoms with Gasteiger partial charge in [0.2, 0.25) is 0 Å². The Morgan fingerprint density at radius 1 is 0.465 bits per heavy atom. The lowest BCUT2D eigenvalue weighted by molar-refractivity contribution is 1.16. The molecule has 0 radical (unpaired) electrons. The minimum atomic E-state index is 0.678. The van der Waals surface area contributed by atoms with Crippen LogP contribution in [0.25, 0.3) is 72.7 Å². The average Bonchev–Trinajstić information content (AvgIpc) is 3.43. The molecule has 0 spiro atoms. The Morgan fingerprint density at radius 2 is 1.07 bits per heavy atom. The van der Waals surface area contributed by atoms with E-state index in [1.165, 1.54) is 21.8 Å². The Labute approximate surface area is 248 Å². The van der Waals surface area contributed by atoms with Gasteiger partial charge in [-0.15, -0.1) is 0 Å².